The molecule has 7 nitrogen and oxygen atoms in total. The first kappa shape index (κ1) is 17.9. The van der Waals surface area contributed by atoms with Crippen LogP contribution >= 0.6 is 23.2 Å². The molecule has 1 aromatic heterocycles. The van der Waals surface area contributed by atoms with Crippen molar-refractivity contribution in [3.8, 4) is 22.6 Å². The number of nitrogens with one attached hydrogen (secondary N) is 1. The van der Waals surface area contributed by atoms with Crippen molar-refractivity contribution in [3.63, 3.8) is 0 Å². The number of halogens is 2. The van der Waals surface area contributed by atoms with Crippen LogP contribution in [0.25, 0.3) is 16.8 Å². The fraction of sp³-hybridized carbons (Fsp3) is 0.222. The summed E-state index contributed by atoms with van der Waals surface area (Å²) in [6.45, 7) is 1.86. The van der Waals surface area contributed by atoms with Crippen LogP contribution in [0.4, 0.5) is 11.9 Å². The zero-order valence-corrected chi connectivity index (χ0v) is 15.8. The Kier molecular flexibility index (Phi) is 4.82. The molecule has 140 valence electrons. The third-order valence-corrected chi connectivity index (χ3v) is 4.98. The van der Waals surface area contributed by atoms with E-state index >= 15 is 0 Å². The van der Waals surface area contributed by atoms with E-state index < -0.39 is 0 Å². The molecular weight excluding hydrogens is 387 g/mol. The number of nitrogens with two attached hydrogens (primary N) is 2. The molecule has 27 heavy (non-hydrogen) atoms. The summed E-state index contributed by atoms with van der Waals surface area (Å²) in [5.74, 6) is 1.06. The van der Waals surface area contributed by atoms with Gasteiger partial charge in [-0.1, -0.05) is 35.3 Å². The molecule has 1 unspecified atom stereocenters. The van der Waals surface area contributed by atoms with Crippen molar-refractivity contribution in [2.75, 3.05) is 24.6 Å². The van der Waals surface area contributed by atoms with Crippen molar-refractivity contribution in [2.45, 2.75) is 12.5 Å². The number of benzene rings is 2. The van der Waals surface area contributed by atoms with Gasteiger partial charge >= 0.3 is 0 Å². The van der Waals surface area contributed by atoms with Gasteiger partial charge in [-0.2, -0.15) is 9.67 Å². The van der Waals surface area contributed by atoms with Crippen molar-refractivity contribution in [1.82, 2.24) is 20.1 Å². The minimum atomic E-state index is 0.0804. The summed E-state index contributed by atoms with van der Waals surface area (Å²) in [6, 6.07) is 11.2. The van der Waals surface area contributed by atoms with Gasteiger partial charge in [0, 0.05) is 12.1 Å². The van der Waals surface area contributed by atoms with Gasteiger partial charge in [0.15, 0.2) is 0 Å². The molecule has 1 aliphatic rings. The molecular formula is C18H18Cl2N6O. The molecule has 4 rings (SSSR count). The van der Waals surface area contributed by atoms with Gasteiger partial charge < -0.3 is 21.5 Å². The molecule has 0 saturated carbocycles. The number of hydrogen-bond donors (Lipinski definition) is 3. The van der Waals surface area contributed by atoms with Crippen molar-refractivity contribution < 1.29 is 4.74 Å². The van der Waals surface area contributed by atoms with Gasteiger partial charge in [-0.15, -0.1) is 5.10 Å². The summed E-state index contributed by atoms with van der Waals surface area (Å²) < 4.78 is 7.34. The Bertz CT molecular complexity index is 943. The summed E-state index contributed by atoms with van der Waals surface area (Å²) in [4.78, 5) is 3.88. The Hall–Kier alpha value is -2.48. The second-order valence-corrected chi connectivity index (χ2v) is 7.10. The van der Waals surface area contributed by atoms with Gasteiger partial charge in [-0.25, -0.2) is 0 Å². The maximum Gasteiger partial charge on any atom is 0.241 e. The summed E-state index contributed by atoms with van der Waals surface area (Å²) in [6.07, 6.45) is 1.22. The summed E-state index contributed by atoms with van der Waals surface area (Å²) in [5, 5.41) is 8.27. The molecule has 1 fully saturated rings. The highest BCUT2D eigenvalue weighted by atomic mass is 35.5. The van der Waals surface area contributed by atoms with Gasteiger partial charge in [0.1, 0.15) is 11.9 Å². The Morgan fingerprint density at radius 2 is 1.81 bits per heavy atom. The number of ether oxygens (including phenoxy) is 1. The van der Waals surface area contributed by atoms with Crippen LogP contribution < -0.4 is 21.5 Å². The standard InChI is InChI=1S/C18H18Cl2N6O/c19-14-7-11(26-18(22)24-17(21)25-26)8-15(20)16(14)10-1-3-12(4-2-10)27-13-5-6-23-9-13/h1-4,7-8,13,23H,5-6,9H2,(H4,21,22,24,25). The molecule has 0 spiro atoms. The number of nitrogen functional groups attached to an aromatic ring is 2. The fourth-order valence-corrected chi connectivity index (χ4v) is 3.80. The molecule has 2 heterocycles. The largest absolute Gasteiger partial charge is 0.489 e. The van der Waals surface area contributed by atoms with Crippen molar-refractivity contribution in [1.29, 1.82) is 0 Å². The molecule has 0 aliphatic carbocycles. The predicted octanol–water partition coefficient (Wildman–Crippen LogP) is 3.15. The lowest BCUT2D eigenvalue weighted by molar-refractivity contribution is 0.223. The Morgan fingerprint density at radius 3 is 2.37 bits per heavy atom. The van der Waals surface area contributed by atoms with Gasteiger partial charge in [0.2, 0.25) is 11.9 Å². The number of rotatable bonds is 4. The molecule has 3 aromatic rings. The van der Waals surface area contributed by atoms with Gasteiger partial charge in [0.25, 0.3) is 0 Å². The highest BCUT2D eigenvalue weighted by Gasteiger charge is 2.17. The monoisotopic (exact) mass is 404 g/mol. The van der Waals surface area contributed by atoms with Crippen LogP contribution in [0.5, 0.6) is 5.75 Å². The Morgan fingerprint density at radius 1 is 1.11 bits per heavy atom. The number of anilines is 2. The predicted molar refractivity (Wildman–Crippen MR) is 108 cm³/mol. The van der Waals surface area contributed by atoms with Crippen LogP contribution in [0.1, 0.15) is 6.42 Å². The van der Waals surface area contributed by atoms with Gasteiger partial charge in [-0.05, 0) is 42.8 Å². The van der Waals surface area contributed by atoms with Crippen LogP contribution in [0.15, 0.2) is 36.4 Å². The van der Waals surface area contributed by atoms with Crippen LogP contribution in [0.2, 0.25) is 10.0 Å². The molecule has 1 aliphatic heterocycles. The van der Waals surface area contributed by atoms with Crippen LogP contribution in [0.3, 0.4) is 0 Å². The lowest BCUT2D eigenvalue weighted by Gasteiger charge is -2.14. The van der Waals surface area contributed by atoms with E-state index in [1.165, 1.54) is 4.68 Å². The second-order valence-electron chi connectivity index (χ2n) is 6.28. The number of nitrogens with zero attached hydrogens (tertiary/aromatic N) is 3. The van der Waals surface area contributed by atoms with Crippen molar-refractivity contribution >= 4 is 35.1 Å². The second kappa shape index (κ2) is 7.26. The smallest absolute Gasteiger partial charge is 0.241 e. The molecule has 1 saturated heterocycles. The van der Waals surface area contributed by atoms with E-state index in [-0.39, 0.29) is 18.0 Å². The first-order valence-electron chi connectivity index (χ1n) is 8.46. The lowest BCUT2D eigenvalue weighted by atomic mass is 10.0. The SMILES string of the molecule is Nc1nc(N)n(-c2cc(Cl)c(-c3ccc(OC4CCNC4)cc3)c(Cl)c2)n1. The van der Waals surface area contributed by atoms with Crippen molar-refractivity contribution in [3.05, 3.63) is 46.4 Å². The zero-order chi connectivity index (χ0) is 19.0. The molecule has 0 amide bonds. The maximum atomic E-state index is 6.50. The molecule has 5 N–H and O–H groups in total. The molecule has 2 aromatic carbocycles. The van der Waals surface area contributed by atoms with E-state index in [9.17, 15) is 0 Å². The van der Waals surface area contributed by atoms with Crippen LogP contribution in [-0.4, -0.2) is 34.0 Å². The fourth-order valence-electron chi connectivity index (χ4n) is 3.11. The quantitative estimate of drug-likeness (QED) is 0.616. The topological polar surface area (TPSA) is 104 Å². The molecule has 9 heteroatoms. The first-order valence-corrected chi connectivity index (χ1v) is 9.22. The highest BCUT2D eigenvalue weighted by Crippen LogP contribution is 2.37. The Balaban J connectivity index is 1.62. The summed E-state index contributed by atoms with van der Waals surface area (Å²) in [5.41, 5.74) is 13.6. The average molecular weight is 405 g/mol. The van der Waals surface area contributed by atoms with Crippen LogP contribution in [-0.2, 0) is 0 Å². The van der Waals surface area contributed by atoms with Crippen molar-refractivity contribution in [2.24, 2.45) is 0 Å². The lowest BCUT2D eigenvalue weighted by Crippen LogP contribution is -2.19. The van der Waals surface area contributed by atoms with E-state index in [2.05, 4.69) is 15.4 Å². The maximum absolute atomic E-state index is 6.50. The number of hydrogen-bond acceptors (Lipinski definition) is 6. The summed E-state index contributed by atoms with van der Waals surface area (Å²) in [7, 11) is 0. The molecule has 0 bridgehead atoms. The molecule has 1 atom stereocenters. The number of aromatic nitrogens is 3. The third kappa shape index (κ3) is 3.66. The normalized spacial score (nSPS) is 16.6. The first-order chi connectivity index (χ1) is 13.0. The van der Waals surface area contributed by atoms with Gasteiger partial charge in [-0.3, -0.25) is 0 Å². The van der Waals surface area contributed by atoms with E-state index in [0.717, 1.165) is 36.4 Å². The van der Waals surface area contributed by atoms with E-state index in [0.29, 0.717) is 15.7 Å². The summed E-state index contributed by atoms with van der Waals surface area (Å²) >= 11 is 13.0. The highest BCUT2D eigenvalue weighted by molar-refractivity contribution is 6.39. The van der Waals surface area contributed by atoms with E-state index in [1.807, 2.05) is 24.3 Å². The minimum Gasteiger partial charge on any atom is -0.489 e. The average Bonchev–Trinajstić information content (AvgIpc) is 3.25. The third-order valence-electron chi connectivity index (χ3n) is 4.38. The minimum absolute atomic E-state index is 0.0804. The van der Waals surface area contributed by atoms with E-state index in [4.69, 9.17) is 39.4 Å². The van der Waals surface area contributed by atoms with Crippen LogP contribution in [0, 0.1) is 0 Å². The zero-order valence-electron chi connectivity index (χ0n) is 14.3. The van der Waals surface area contributed by atoms with E-state index in [1.54, 1.807) is 12.1 Å². The van der Waals surface area contributed by atoms with Gasteiger partial charge in [0.05, 0.1) is 15.7 Å². The molecule has 0 radical (unpaired) electrons. The Labute approximate surface area is 166 Å².